The largest absolute Gasteiger partial charge is 0.270 e. The Hall–Kier alpha value is -3.62. The number of halogens is 1. The third-order valence-electron chi connectivity index (χ3n) is 4.15. The molecule has 1 N–H and O–H groups in total. The number of nitrogens with zero attached hydrogens (tertiary/aromatic N) is 4. The zero-order chi connectivity index (χ0) is 20.9. The van der Waals surface area contributed by atoms with Gasteiger partial charge in [0.15, 0.2) is 0 Å². The van der Waals surface area contributed by atoms with E-state index < -0.39 is 4.92 Å². The number of rotatable bonds is 6. The summed E-state index contributed by atoms with van der Waals surface area (Å²) in [5.74, 6) is 0. The van der Waals surface area contributed by atoms with Crippen molar-refractivity contribution in [2.75, 3.05) is 5.43 Å². The first kappa shape index (κ1) is 19.7. The number of hydrogen-bond donors (Lipinski definition) is 1. The van der Waals surface area contributed by atoms with Crippen molar-refractivity contribution in [3.05, 3.63) is 105 Å². The molecule has 0 saturated carbocycles. The molecule has 2 aromatic heterocycles. The number of hydrogen-bond acceptors (Lipinski definition) is 7. The second kappa shape index (κ2) is 8.81. The average Bonchev–Trinajstić information content (AvgIpc) is 3.25. The van der Waals surface area contributed by atoms with Crippen LogP contribution < -0.4 is 5.43 Å². The quantitative estimate of drug-likeness (QED) is 0.240. The average molecular weight is 436 g/mol. The van der Waals surface area contributed by atoms with Crippen molar-refractivity contribution in [3.8, 4) is 11.3 Å². The van der Waals surface area contributed by atoms with Crippen LogP contribution in [-0.2, 0) is 0 Å². The summed E-state index contributed by atoms with van der Waals surface area (Å²) in [6.07, 6.45) is 1.70. The molecule has 0 atom stereocenters. The Labute approximate surface area is 180 Å². The summed E-state index contributed by atoms with van der Waals surface area (Å²) in [4.78, 5) is 19.5. The summed E-state index contributed by atoms with van der Waals surface area (Å²) < 4.78 is 0. The Balaban J connectivity index is 1.63. The molecular weight excluding hydrogens is 422 g/mol. The fourth-order valence-corrected chi connectivity index (χ4v) is 3.51. The summed E-state index contributed by atoms with van der Waals surface area (Å²) in [6.45, 7) is 0. The van der Waals surface area contributed by atoms with Crippen molar-refractivity contribution in [1.82, 2.24) is 9.97 Å². The highest BCUT2D eigenvalue weighted by atomic mass is 35.5. The van der Waals surface area contributed by atoms with E-state index in [-0.39, 0.29) is 5.69 Å². The van der Waals surface area contributed by atoms with Gasteiger partial charge in [-0.15, -0.1) is 11.3 Å². The lowest BCUT2D eigenvalue weighted by Gasteiger charge is -2.06. The van der Waals surface area contributed by atoms with Gasteiger partial charge >= 0.3 is 0 Å². The van der Waals surface area contributed by atoms with Crippen molar-refractivity contribution in [2.24, 2.45) is 5.10 Å². The monoisotopic (exact) mass is 435 g/mol. The van der Waals surface area contributed by atoms with Crippen LogP contribution in [0.1, 0.15) is 11.3 Å². The minimum Gasteiger partial charge on any atom is -0.258 e. The molecule has 30 heavy (non-hydrogen) atoms. The molecule has 0 fully saturated rings. The lowest BCUT2D eigenvalue weighted by atomic mass is 10.1. The molecule has 2 aromatic carbocycles. The number of non-ortho nitro benzene ring substituents is 1. The first-order chi connectivity index (χ1) is 14.6. The molecule has 0 bridgehead atoms. The fourth-order valence-electron chi connectivity index (χ4n) is 2.72. The molecule has 0 saturated heterocycles. The lowest BCUT2D eigenvalue weighted by Crippen LogP contribution is -2.08. The zero-order valence-electron chi connectivity index (χ0n) is 15.4. The maximum atomic E-state index is 11.0. The first-order valence-corrected chi connectivity index (χ1v) is 10.1. The Morgan fingerprint density at radius 1 is 1.10 bits per heavy atom. The van der Waals surface area contributed by atoms with E-state index in [9.17, 15) is 10.1 Å². The van der Waals surface area contributed by atoms with Crippen molar-refractivity contribution in [1.29, 1.82) is 0 Å². The van der Waals surface area contributed by atoms with Gasteiger partial charge in [-0.25, -0.2) is 4.98 Å². The summed E-state index contributed by atoms with van der Waals surface area (Å²) in [5.41, 5.74) is 6.48. The van der Waals surface area contributed by atoms with Crippen LogP contribution >= 0.6 is 22.9 Å². The maximum absolute atomic E-state index is 11.0. The Kier molecular flexibility index (Phi) is 5.78. The Morgan fingerprint density at radius 2 is 1.93 bits per heavy atom. The molecule has 0 amide bonds. The molecule has 0 unspecified atom stereocenters. The summed E-state index contributed by atoms with van der Waals surface area (Å²) >= 11 is 7.36. The number of nitro groups is 1. The van der Waals surface area contributed by atoms with E-state index in [4.69, 9.17) is 11.6 Å². The minimum absolute atomic E-state index is 0.0215. The number of hydrazone groups is 1. The summed E-state index contributed by atoms with van der Waals surface area (Å²) in [5, 5.41) is 18.5. The normalized spacial score (nSPS) is 11.3. The highest BCUT2D eigenvalue weighted by Crippen LogP contribution is 2.27. The van der Waals surface area contributed by atoms with Crippen LogP contribution in [0, 0.1) is 10.1 Å². The third kappa shape index (κ3) is 4.51. The standard InChI is InChI=1S/C21H14ClN5O2S/c22-16-9-7-14(8-10-16)20(18-6-1-2-11-23-18)25-26-21-24-19(13-30-21)15-4-3-5-17(12-15)27(28)29/h1-13H,(H,24,26). The molecule has 7 nitrogen and oxygen atoms in total. The van der Waals surface area contributed by atoms with Gasteiger partial charge in [0.1, 0.15) is 5.71 Å². The van der Waals surface area contributed by atoms with Gasteiger partial charge in [-0.05, 0) is 24.3 Å². The molecule has 0 spiro atoms. The number of thiazole rings is 1. The molecular formula is C21H14ClN5O2S. The van der Waals surface area contributed by atoms with Crippen LogP contribution in [-0.4, -0.2) is 20.6 Å². The van der Waals surface area contributed by atoms with Gasteiger partial charge < -0.3 is 0 Å². The van der Waals surface area contributed by atoms with Crippen LogP contribution in [0.2, 0.25) is 5.02 Å². The van der Waals surface area contributed by atoms with E-state index in [1.807, 2.05) is 35.7 Å². The molecule has 0 aliphatic rings. The molecule has 4 rings (SSSR count). The van der Waals surface area contributed by atoms with E-state index in [1.54, 1.807) is 30.5 Å². The molecule has 4 aromatic rings. The number of nitrogens with one attached hydrogen (secondary N) is 1. The predicted octanol–water partition coefficient (Wildman–Crippen LogP) is 5.63. The Morgan fingerprint density at radius 3 is 2.67 bits per heavy atom. The van der Waals surface area contributed by atoms with E-state index in [0.29, 0.717) is 32.8 Å². The molecule has 148 valence electrons. The first-order valence-electron chi connectivity index (χ1n) is 8.81. The molecule has 2 heterocycles. The van der Waals surface area contributed by atoms with Gasteiger partial charge in [0.05, 0.1) is 16.3 Å². The van der Waals surface area contributed by atoms with Crippen LogP contribution in [0.25, 0.3) is 11.3 Å². The molecule has 0 aliphatic heterocycles. The molecule has 9 heteroatoms. The van der Waals surface area contributed by atoms with Crippen molar-refractivity contribution in [2.45, 2.75) is 0 Å². The van der Waals surface area contributed by atoms with E-state index in [0.717, 1.165) is 5.56 Å². The summed E-state index contributed by atoms with van der Waals surface area (Å²) in [6, 6.07) is 19.3. The fraction of sp³-hybridized carbons (Fsp3) is 0. The second-order valence-electron chi connectivity index (χ2n) is 6.14. The van der Waals surface area contributed by atoms with E-state index in [2.05, 4.69) is 20.5 Å². The number of nitro benzene ring substituents is 1. The Bertz CT molecular complexity index is 1210. The predicted molar refractivity (Wildman–Crippen MR) is 119 cm³/mol. The number of benzene rings is 2. The van der Waals surface area contributed by atoms with E-state index >= 15 is 0 Å². The van der Waals surface area contributed by atoms with Gasteiger partial charge in [-0.2, -0.15) is 5.10 Å². The smallest absolute Gasteiger partial charge is 0.258 e. The van der Waals surface area contributed by atoms with Gasteiger partial charge in [0.2, 0.25) is 5.13 Å². The van der Waals surface area contributed by atoms with Crippen molar-refractivity contribution >= 4 is 39.5 Å². The van der Waals surface area contributed by atoms with Crippen LogP contribution in [0.15, 0.2) is 83.4 Å². The highest BCUT2D eigenvalue weighted by Gasteiger charge is 2.12. The SMILES string of the molecule is O=[N+]([O-])c1cccc(-c2csc(NN=C(c3ccc(Cl)cc3)c3ccccn3)n2)c1. The highest BCUT2D eigenvalue weighted by molar-refractivity contribution is 7.14. The van der Waals surface area contributed by atoms with Gasteiger partial charge in [-0.1, -0.05) is 41.9 Å². The lowest BCUT2D eigenvalue weighted by molar-refractivity contribution is -0.384. The number of aromatic nitrogens is 2. The third-order valence-corrected chi connectivity index (χ3v) is 5.14. The van der Waals surface area contributed by atoms with Crippen molar-refractivity contribution < 1.29 is 4.92 Å². The summed E-state index contributed by atoms with van der Waals surface area (Å²) in [7, 11) is 0. The molecule has 0 radical (unpaired) electrons. The van der Waals surface area contributed by atoms with E-state index in [1.165, 1.54) is 23.5 Å². The topological polar surface area (TPSA) is 93.3 Å². The van der Waals surface area contributed by atoms with Crippen LogP contribution in [0.3, 0.4) is 0 Å². The van der Waals surface area contributed by atoms with Crippen molar-refractivity contribution in [3.63, 3.8) is 0 Å². The zero-order valence-corrected chi connectivity index (χ0v) is 17.0. The second-order valence-corrected chi connectivity index (χ2v) is 7.43. The number of pyridine rings is 1. The minimum atomic E-state index is -0.426. The van der Waals surface area contributed by atoms with Crippen LogP contribution in [0.4, 0.5) is 10.8 Å². The van der Waals surface area contributed by atoms with Gasteiger partial charge in [0.25, 0.3) is 5.69 Å². The maximum Gasteiger partial charge on any atom is 0.270 e. The van der Waals surface area contributed by atoms with Crippen LogP contribution in [0.5, 0.6) is 0 Å². The number of anilines is 1. The van der Waals surface area contributed by atoms with Gasteiger partial charge in [-0.3, -0.25) is 20.5 Å². The van der Waals surface area contributed by atoms with Gasteiger partial charge in [0, 0.05) is 39.9 Å². The molecule has 0 aliphatic carbocycles.